The van der Waals surface area contributed by atoms with E-state index >= 15 is 0 Å². The van der Waals surface area contributed by atoms with E-state index in [2.05, 4.69) is 17.1 Å². The number of alkyl halides is 2. The molecule has 17 heavy (non-hydrogen) atoms. The monoisotopic (exact) mass is 250 g/mol. The molecule has 1 aliphatic rings. The molecule has 1 saturated heterocycles. The van der Waals surface area contributed by atoms with E-state index in [-0.39, 0.29) is 12.6 Å². The van der Waals surface area contributed by atoms with E-state index in [9.17, 15) is 8.78 Å². The molecule has 3 unspecified atom stereocenters. The van der Waals surface area contributed by atoms with Crippen LogP contribution in [0.3, 0.4) is 0 Å². The lowest BCUT2D eigenvalue weighted by Crippen LogP contribution is -2.46. The molecule has 0 saturated carbocycles. The van der Waals surface area contributed by atoms with Crippen LogP contribution in [-0.2, 0) is 0 Å². The van der Waals surface area contributed by atoms with E-state index in [1.165, 1.54) is 6.42 Å². The van der Waals surface area contributed by atoms with Crippen molar-refractivity contribution in [1.29, 1.82) is 0 Å². The van der Waals surface area contributed by atoms with Crippen LogP contribution in [0.15, 0.2) is 0 Å². The van der Waals surface area contributed by atoms with Crippen molar-refractivity contribution in [2.75, 3.05) is 26.2 Å². The quantitative estimate of drug-likeness (QED) is 0.746. The number of aliphatic hydroxyl groups excluding tert-OH is 1. The van der Waals surface area contributed by atoms with Crippen LogP contribution < -0.4 is 5.32 Å². The van der Waals surface area contributed by atoms with E-state index in [1.54, 1.807) is 0 Å². The lowest BCUT2D eigenvalue weighted by Gasteiger charge is -2.35. The van der Waals surface area contributed by atoms with E-state index in [1.807, 2.05) is 6.92 Å². The summed E-state index contributed by atoms with van der Waals surface area (Å²) in [6.07, 6.45) is -1.91. The molecule has 2 N–H and O–H groups in total. The molecule has 3 atom stereocenters. The molecule has 1 rings (SSSR count). The smallest absolute Gasteiger partial charge is 0.265 e. The Kier molecular flexibility index (Phi) is 6.30. The molecule has 1 aliphatic heterocycles. The Morgan fingerprint density at radius 1 is 1.47 bits per heavy atom. The zero-order chi connectivity index (χ0) is 12.8. The summed E-state index contributed by atoms with van der Waals surface area (Å²) in [6, 6.07) is 0.178. The van der Waals surface area contributed by atoms with E-state index < -0.39 is 12.5 Å². The van der Waals surface area contributed by atoms with Crippen molar-refractivity contribution in [3.05, 3.63) is 0 Å². The highest BCUT2D eigenvalue weighted by atomic mass is 19.3. The maximum atomic E-state index is 12.1. The minimum absolute atomic E-state index is 0.0263. The first kappa shape index (κ1) is 14.8. The van der Waals surface area contributed by atoms with E-state index in [0.717, 1.165) is 26.1 Å². The third-order valence-corrected chi connectivity index (χ3v) is 3.64. The fraction of sp³-hybridized carbons (Fsp3) is 1.00. The van der Waals surface area contributed by atoms with Crippen molar-refractivity contribution in [3.8, 4) is 0 Å². The minimum atomic E-state index is -2.66. The van der Waals surface area contributed by atoms with Gasteiger partial charge in [-0.05, 0) is 38.8 Å². The van der Waals surface area contributed by atoms with Crippen LogP contribution in [0.25, 0.3) is 0 Å². The van der Waals surface area contributed by atoms with Gasteiger partial charge in [0.15, 0.2) is 0 Å². The number of halogens is 2. The van der Waals surface area contributed by atoms with Crippen LogP contribution in [0.2, 0.25) is 0 Å². The van der Waals surface area contributed by atoms with Crippen molar-refractivity contribution >= 4 is 0 Å². The van der Waals surface area contributed by atoms with Gasteiger partial charge in [-0.1, -0.05) is 6.92 Å². The number of piperidine rings is 1. The molecule has 1 fully saturated rings. The Morgan fingerprint density at radius 3 is 2.76 bits per heavy atom. The maximum absolute atomic E-state index is 12.1. The first-order valence-electron chi connectivity index (χ1n) is 6.46. The van der Waals surface area contributed by atoms with Gasteiger partial charge in [0, 0.05) is 19.1 Å². The molecule has 0 radical (unpaired) electrons. The largest absolute Gasteiger partial charge is 0.386 e. The van der Waals surface area contributed by atoms with Crippen molar-refractivity contribution < 1.29 is 13.9 Å². The number of hydrogen-bond donors (Lipinski definition) is 2. The number of hydrogen-bond acceptors (Lipinski definition) is 3. The average molecular weight is 250 g/mol. The highest BCUT2D eigenvalue weighted by Crippen LogP contribution is 2.19. The lowest BCUT2D eigenvalue weighted by molar-refractivity contribution is -0.00603. The number of aliphatic hydroxyl groups is 1. The van der Waals surface area contributed by atoms with Crippen LogP contribution in [0.4, 0.5) is 8.78 Å². The Hall–Kier alpha value is -0.260. The van der Waals surface area contributed by atoms with Gasteiger partial charge in [-0.25, -0.2) is 8.78 Å². The molecule has 0 aliphatic carbocycles. The summed E-state index contributed by atoms with van der Waals surface area (Å²) in [7, 11) is 0. The summed E-state index contributed by atoms with van der Waals surface area (Å²) < 4.78 is 24.3. The molecule has 0 bridgehead atoms. The van der Waals surface area contributed by atoms with Gasteiger partial charge in [0.05, 0.1) is 0 Å². The van der Waals surface area contributed by atoms with Gasteiger partial charge in [0.25, 0.3) is 6.43 Å². The molecule has 0 amide bonds. The van der Waals surface area contributed by atoms with Crippen molar-refractivity contribution in [2.24, 2.45) is 5.92 Å². The zero-order valence-electron chi connectivity index (χ0n) is 10.7. The predicted octanol–water partition coefficient (Wildman–Crippen LogP) is 1.32. The molecule has 0 aromatic carbocycles. The maximum Gasteiger partial charge on any atom is 0.265 e. The van der Waals surface area contributed by atoms with Crippen LogP contribution >= 0.6 is 0 Å². The number of likely N-dealkylation sites (tertiary alicyclic amines) is 1. The van der Waals surface area contributed by atoms with Gasteiger partial charge in [-0.3, -0.25) is 0 Å². The molecule has 3 nitrogen and oxygen atoms in total. The Balaban J connectivity index is 2.29. The summed E-state index contributed by atoms with van der Waals surface area (Å²) in [4.78, 5) is 2.38. The summed E-state index contributed by atoms with van der Waals surface area (Å²) in [5.74, 6) is 0.494. The third kappa shape index (κ3) is 4.85. The second kappa shape index (κ2) is 7.24. The van der Waals surface area contributed by atoms with Crippen LogP contribution in [0.1, 0.15) is 26.7 Å². The highest BCUT2D eigenvalue weighted by molar-refractivity contribution is 4.80. The van der Waals surface area contributed by atoms with Gasteiger partial charge >= 0.3 is 0 Å². The zero-order valence-corrected chi connectivity index (χ0v) is 10.7. The average Bonchev–Trinajstić information content (AvgIpc) is 2.35. The first-order valence-corrected chi connectivity index (χ1v) is 6.46. The van der Waals surface area contributed by atoms with Gasteiger partial charge in [0.1, 0.15) is 6.10 Å². The molecule has 0 spiro atoms. The molecule has 1 heterocycles. The molecule has 5 heteroatoms. The Bertz CT molecular complexity index is 217. The lowest BCUT2D eigenvalue weighted by atomic mass is 9.91. The van der Waals surface area contributed by atoms with Crippen molar-refractivity contribution in [3.63, 3.8) is 0 Å². The standard InChI is InChI=1S/C12H24F2N2O/c1-3-16-6-4-5-10(8-16)9(2)15-7-11(17)12(13)14/h9-12,15,17H,3-8H2,1-2H3. The topological polar surface area (TPSA) is 35.5 Å². The molecular formula is C12H24F2N2O. The minimum Gasteiger partial charge on any atom is -0.386 e. The second-order valence-electron chi connectivity index (χ2n) is 4.89. The van der Waals surface area contributed by atoms with Gasteiger partial charge in [-0.15, -0.1) is 0 Å². The number of nitrogens with one attached hydrogen (secondary N) is 1. The van der Waals surface area contributed by atoms with Crippen molar-refractivity contribution in [2.45, 2.75) is 45.3 Å². The van der Waals surface area contributed by atoms with Gasteiger partial charge < -0.3 is 15.3 Å². The SMILES string of the molecule is CCN1CCCC(C(C)NCC(O)C(F)F)C1. The van der Waals surface area contributed by atoms with Gasteiger partial charge in [0.2, 0.25) is 0 Å². The summed E-state index contributed by atoms with van der Waals surface area (Å²) in [5.41, 5.74) is 0. The summed E-state index contributed by atoms with van der Waals surface area (Å²) in [5, 5.41) is 12.1. The molecule has 0 aromatic rings. The fourth-order valence-electron chi connectivity index (χ4n) is 2.35. The third-order valence-electron chi connectivity index (χ3n) is 3.64. The summed E-state index contributed by atoms with van der Waals surface area (Å²) in [6.45, 7) is 7.34. The van der Waals surface area contributed by atoms with E-state index in [0.29, 0.717) is 5.92 Å². The van der Waals surface area contributed by atoms with Crippen LogP contribution in [-0.4, -0.2) is 54.8 Å². The normalized spacial score (nSPS) is 26.1. The summed E-state index contributed by atoms with van der Waals surface area (Å²) >= 11 is 0. The fourth-order valence-corrected chi connectivity index (χ4v) is 2.35. The predicted molar refractivity (Wildman–Crippen MR) is 64.3 cm³/mol. The first-order chi connectivity index (χ1) is 8.04. The van der Waals surface area contributed by atoms with Gasteiger partial charge in [-0.2, -0.15) is 0 Å². The molecule has 102 valence electrons. The number of nitrogens with zero attached hydrogens (tertiary/aromatic N) is 1. The van der Waals surface area contributed by atoms with Crippen LogP contribution in [0, 0.1) is 5.92 Å². The van der Waals surface area contributed by atoms with Crippen LogP contribution in [0.5, 0.6) is 0 Å². The van der Waals surface area contributed by atoms with Crippen molar-refractivity contribution in [1.82, 2.24) is 10.2 Å². The molecule has 0 aromatic heterocycles. The molecular weight excluding hydrogens is 226 g/mol. The van der Waals surface area contributed by atoms with E-state index in [4.69, 9.17) is 5.11 Å². The Labute approximate surface area is 102 Å². The highest BCUT2D eigenvalue weighted by Gasteiger charge is 2.25. The number of rotatable bonds is 6. The second-order valence-corrected chi connectivity index (χ2v) is 4.89. The Morgan fingerprint density at radius 2 is 2.18 bits per heavy atom.